The van der Waals surface area contributed by atoms with E-state index in [1.54, 1.807) is 0 Å². The Balaban J connectivity index is 2.26. The first-order chi connectivity index (χ1) is 9.17. The smallest absolute Gasteiger partial charge is 0.0767 e. The van der Waals surface area contributed by atoms with Crippen LogP contribution in [0.4, 0.5) is 5.69 Å². The molecular weight excluding hydrogens is 302 g/mol. The maximum atomic E-state index is 4.55. The first-order valence-electron chi connectivity index (χ1n) is 6.67. The van der Waals surface area contributed by atoms with Gasteiger partial charge in [0.1, 0.15) is 0 Å². The average Bonchev–Trinajstić information content (AvgIpc) is 2.72. The second kappa shape index (κ2) is 6.24. The topological polar surface area (TPSA) is 21.1 Å². The molecule has 0 aliphatic rings. The molecule has 0 spiro atoms. The number of hydrogen-bond acceptors (Lipinski definition) is 2. The maximum absolute atomic E-state index is 4.55. The zero-order valence-corrected chi connectivity index (χ0v) is 13.3. The molecule has 2 aromatic rings. The summed E-state index contributed by atoms with van der Waals surface area (Å²) in [4.78, 5) is 2.35. The van der Waals surface area contributed by atoms with E-state index in [0.717, 1.165) is 29.7 Å². The second-order valence-corrected chi connectivity index (χ2v) is 5.33. The predicted molar refractivity (Wildman–Crippen MR) is 83.5 cm³/mol. The molecule has 102 valence electrons. The van der Waals surface area contributed by atoms with Crippen LogP contribution in [0.2, 0.25) is 0 Å². The van der Waals surface area contributed by atoms with Crippen molar-refractivity contribution in [2.45, 2.75) is 26.8 Å². The van der Waals surface area contributed by atoms with Gasteiger partial charge in [-0.3, -0.25) is 4.68 Å². The van der Waals surface area contributed by atoms with Crippen LogP contribution in [0.25, 0.3) is 0 Å². The van der Waals surface area contributed by atoms with Crippen LogP contribution in [0, 0.1) is 0 Å². The van der Waals surface area contributed by atoms with Crippen molar-refractivity contribution in [2.75, 3.05) is 11.4 Å². The fraction of sp³-hybridized carbons (Fsp3) is 0.400. The molecule has 3 nitrogen and oxygen atoms in total. The van der Waals surface area contributed by atoms with Gasteiger partial charge in [0.2, 0.25) is 0 Å². The molecule has 0 saturated heterocycles. The van der Waals surface area contributed by atoms with Crippen LogP contribution in [0.15, 0.2) is 34.8 Å². The van der Waals surface area contributed by atoms with E-state index in [1.807, 2.05) is 17.8 Å². The normalized spacial score (nSPS) is 10.7. The van der Waals surface area contributed by atoms with Crippen molar-refractivity contribution < 1.29 is 0 Å². The van der Waals surface area contributed by atoms with Crippen molar-refractivity contribution in [3.8, 4) is 0 Å². The first-order valence-corrected chi connectivity index (χ1v) is 7.46. The van der Waals surface area contributed by atoms with Crippen LogP contribution >= 0.6 is 15.9 Å². The van der Waals surface area contributed by atoms with Crippen molar-refractivity contribution >= 4 is 21.6 Å². The molecule has 1 heterocycles. The van der Waals surface area contributed by atoms with Gasteiger partial charge in [0.15, 0.2) is 0 Å². The van der Waals surface area contributed by atoms with E-state index in [-0.39, 0.29) is 0 Å². The van der Waals surface area contributed by atoms with Crippen molar-refractivity contribution in [3.05, 3.63) is 46.2 Å². The van der Waals surface area contributed by atoms with Gasteiger partial charge in [0.25, 0.3) is 0 Å². The summed E-state index contributed by atoms with van der Waals surface area (Å²) in [5.41, 5.74) is 3.60. The van der Waals surface area contributed by atoms with E-state index < -0.39 is 0 Å². The van der Waals surface area contributed by atoms with Gasteiger partial charge in [0, 0.05) is 19.3 Å². The quantitative estimate of drug-likeness (QED) is 0.835. The number of para-hydroxylation sites is 1. The van der Waals surface area contributed by atoms with Crippen molar-refractivity contribution in [1.82, 2.24) is 9.78 Å². The molecule has 0 aliphatic heterocycles. The lowest BCUT2D eigenvalue weighted by Gasteiger charge is -2.23. The lowest BCUT2D eigenvalue weighted by Crippen LogP contribution is -2.23. The van der Waals surface area contributed by atoms with Gasteiger partial charge in [0.05, 0.1) is 22.4 Å². The average molecular weight is 322 g/mol. The highest BCUT2D eigenvalue weighted by atomic mass is 79.9. The number of benzene rings is 1. The Bertz CT molecular complexity index is 534. The lowest BCUT2D eigenvalue weighted by molar-refractivity contribution is 0.677. The number of nitrogens with zero attached hydrogens (tertiary/aromatic N) is 3. The van der Waals surface area contributed by atoms with Gasteiger partial charge in [-0.15, -0.1) is 0 Å². The third-order valence-corrected chi connectivity index (χ3v) is 4.26. The van der Waals surface area contributed by atoms with Crippen LogP contribution in [0.5, 0.6) is 0 Å². The van der Waals surface area contributed by atoms with Crippen LogP contribution in [0.1, 0.15) is 25.2 Å². The summed E-state index contributed by atoms with van der Waals surface area (Å²) < 4.78 is 3.13. The summed E-state index contributed by atoms with van der Waals surface area (Å²) in [6.07, 6.45) is 0.950. The minimum absolute atomic E-state index is 0.866. The van der Waals surface area contributed by atoms with Gasteiger partial charge < -0.3 is 4.90 Å². The molecule has 0 N–H and O–H groups in total. The lowest BCUT2D eigenvalue weighted by atomic mass is 10.2. The number of hydrogen-bond donors (Lipinski definition) is 0. The van der Waals surface area contributed by atoms with Crippen LogP contribution < -0.4 is 4.90 Å². The molecule has 0 bridgehead atoms. The first kappa shape index (κ1) is 14.1. The summed E-state index contributed by atoms with van der Waals surface area (Å²) in [7, 11) is 2.01. The van der Waals surface area contributed by atoms with Crippen LogP contribution in [-0.2, 0) is 20.0 Å². The molecule has 0 fully saturated rings. The highest BCUT2D eigenvalue weighted by Gasteiger charge is 2.15. The number of anilines is 1. The Kier molecular flexibility index (Phi) is 4.64. The van der Waals surface area contributed by atoms with Gasteiger partial charge in [-0.25, -0.2) is 0 Å². The van der Waals surface area contributed by atoms with Gasteiger partial charge in [-0.2, -0.15) is 5.10 Å². The van der Waals surface area contributed by atoms with Gasteiger partial charge in [-0.1, -0.05) is 25.1 Å². The van der Waals surface area contributed by atoms with Gasteiger partial charge >= 0.3 is 0 Å². The number of aryl methyl sites for hydroxylation is 2. The molecule has 1 aromatic heterocycles. The zero-order valence-electron chi connectivity index (χ0n) is 11.7. The van der Waals surface area contributed by atoms with Gasteiger partial charge in [-0.05, 0) is 41.4 Å². The number of rotatable bonds is 5. The van der Waals surface area contributed by atoms with E-state index in [1.165, 1.54) is 11.4 Å². The Hall–Kier alpha value is -1.29. The molecule has 0 atom stereocenters. The summed E-state index contributed by atoms with van der Waals surface area (Å²) in [6.45, 7) is 6.15. The fourth-order valence-corrected chi connectivity index (χ4v) is 2.94. The van der Waals surface area contributed by atoms with E-state index >= 15 is 0 Å². The monoisotopic (exact) mass is 321 g/mol. The SMILES string of the molecule is CCc1nn(C)c(CN(CC)c2ccccc2)c1Br. The Morgan fingerprint density at radius 1 is 1.21 bits per heavy atom. The Morgan fingerprint density at radius 3 is 2.42 bits per heavy atom. The highest BCUT2D eigenvalue weighted by molar-refractivity contribution is 9.10. The molecule has 1 aromatic carbocycles. The van der Waals surface area contributed by atoms with Crippen molar-refractivity contribution in [2.24, 2.45) is 7.05 Å². The molecule has 0 radical (unpaired) electrons. The molecule has 4 heteroatoms. The van der Waals surface area contributed by atoms with Crippen molar-refractivity contribution in [1.29, 1.82) is 0 Å². The fourth-order valence-electron chi connectivity index (χ4n) is 2.20. The summed E-state index contributed by atoms with van der Waals surface area (Å²) in [5.74, 6) is 0. The molecule has 0 aliphatic carbocycles. The highest BCUT2D eigenvalue weighted by Crippen LogP contribution is 2.25. The molecule has 0 saturated carbocycles. The molecule has 0 unspecified atom stereocenters. The maximum Gasteiger partial charge on any atom is 0.0767 e. The zero-order chi connectivity index (χ0) is 13.8. The Labute approximate surface area is 123 Å². The molecule has 2 rings (SSSR count). The van der Waals surface area contributed by atoms with Crippen LogP contribution in [0.3, 0.4) is 0 Å². The van der Waals surface area contributed by atoms with E-state index in [2.05, 4.69) is 64.0 Å². The second-order valence-electron chi connectivity index (χ2n) is 4.53. The molecule has 19 heavy (non-hydrogen) atoms. The summed E-state index contributed by atoms with van der Waals surface area (Å²) in [5, 5.41) is 4.55. The molecule has 0 amide bonds. The van der Waals surface area contributed by atoms with Crippen LogP contribution in [-0.4, -0.2) is 16.3 Å². The summed E-state index contributed by atoms with van der Waals surface area (Å²) >= 11 is 3.68. The third-order valence-electron chi connectivity index (χ3n) is 3.35. The largest absolute Gasteiger partial charge is 0.366 e. The predicted octanol–water partition coefficient (Wildman–Crippen LogP) is 3.77. The minimum atomic E-state index is 0.866. The van der Waals surface area contributed by atoms with E-state index in [0.29, 0.717) is 0 Å². The number of halogens is 1. The molecular formula is C15H20BrN3. The minimum Gasteiger partial charge on any atom is -0.366 e. The van der Waals surface area contributed by atoms with E-state index in [4.69, 9.17) is 0 Å². The third kappa shape index (κ3) is 3.00. The Morgan fingerprint density at radius 2 is 1.89 bits per heavy atom. The number of aromatic nitrogens is 2. The summed E-state index contributed by atoms with van der Waals surface area (Å²) in [6, 6.07) is 10.5. The standard InChI is InChI=1S/C15H20BrN3/c1-4-13-15(16)14(18(3)17-13)11-19(5-2)12-9-7-6-8-10-12/h6-10H,4-5,11H2,1-3H3. The van der Waals surface area contributed by atoms with Crippen molar-refractivity contribution in [3.63, 3.8) is 0 Å². The van der Waals surface area contributed by atoms with E-state index in [9.17, 15) is 0 Å².